The monoisotopic (exact) mass is 494 g/mol. The number of nitro groups is 1. The molecule has 160 valence electrons. The molecule has 1 aliphatic carbocycles. The zero-order valence-electron chi connectivity index (χ0n) is 17.6. The van der Waals surface area contributed by atoms with Gasteiger partial charge in [0.15, 0.2) is 0 Å². The number of benzene rings is 4. The molecule has 0 amide bonds. The Morgan fingerprint density at radius 1 is 0.939 bits per heavy atom. The molecule has 0 fully saturated rings. The lowest BCUT2D eigenvalue weighted by Gasteiger charge is -2.17. The minimum absolute atomic E-state index is 0.0519. The molecule has 1 aromatic heterocycles. The zero-order valence-corrected chi connectivity index (χ0v) is 19.2. The average Bonchev–Trinajstić information content (AvgIpc) is 3.16. The van der Waals surface area contributed by atoms with Crippen molar-refractivity contribution in [3.8, 4) is 5.69 Å². The maximum atomic E-state index is 11.8. The average molecular weight is 495 g/mol. The lowest BCUT2D eigenvalue weighted by Crippen LogP contribution is -2.31. The quantitative estimate of drug-likeness (QED) is 0.221. The van der Waals surface area contributed by atoms with Gasteiger partial charge >= 0.3 is 0 Å². The third-order valence-corrected chi connectivity index (χ3v) is 6.96. The first-order valence-corrected chi connectivity index (χ1v) is 11.6. The Morgan fingerprint density at radius 3 is 2.52 bits per heavy atom. The van der Waals surface area contributed by atoms with E-state index < -0.39 is 0 Å². The number of halogens is 1. The van der Waals surface area contributed by atoms with Crippen molar-refractivity contribution in [2.75, 3.05) is 0 Å². The highest BCUT2D eigenvalue weighted by Gasteiger charge is 2.22. The van der Waals surface area contributed by atoms with E-state index in [1.807, 2.05) is 30.3 Å². The van der Waals surface area contributed by atoms with Gasteiger partial charge in [-0.15, -0.1) is 0 Å². The molecule has 0 saturated heterocycles. The largest absolute Gasteiger partial charge is 0.310 e. The Bertz CT molecular complexity index is 1680. The summed E-state index contributed by atoms with van der Waals surface area (Å²) in [5.74, 6) is 0.0519. The first kappa shape index (κ1) is 19.9. The molecular formula is C28H19BrN2O2. The molecule has 0 N–H and O–H groups in total. The lowest BCUT2D eigenvalue weighted by atomic mass is 9.87. The minimum atomic E-state index is -0.276. The van der Waals surface area contributed by atoms with E-state index in [1.54, 1.807) is 12.1 Å². The number of nitro benzene ring substituents is 1. The second kappa shape index (κ2) is 7.71. The predicted octanol–water partition coefficient (Wildman–Crippen LogP) is 6.20. The summed E-state index contributed by atoms with van der Waals surface area (Å²) in [7, 11) is 0. The van der Waals surface area contributed by atoms with Crippen LogP contribution in [0.2, 0.25) is 0 Å². The van der Waals surface area contributed by atoms with Crippen LogP contribution in [0.4, 0.5) is 5.69 Å². The van der Waals surface area contributed by atoms with Gasteiger partial charge in [-0.2, -0.15) is 0 Å². The van der Waals surface area contributed by atoms with Gasteiger partial charge in [-0.1, -0.05) is 76.6 Å². The number of nitrogens with zero attached hydrogens (tertiary/aromatic N) is 2. The summed E-state index contributed by atoms with van der Waals surface area (Å²) < 4.78 is 3.33. The highest BCUT2D eigenvalue weighted by Crippen LogP contribution is 2.36. The summed E-state index contributed by atoms with van der Waals surface area (Å²) in [5.41, 5.74) is 3.43. The number of rotatable bonds is 3. The van der Waals surface area contributed by atoms with Crippen LogP contribution in [0.3, 0.4) is 0 Å². The zero-order chi connectivity index (χ0) is 22.5. The summed E-state index contributed by atoms with van der Waals surface area (Å²) in [5, 5.41) is 16.9. The van der Waals surface area contributed by atoms with Gasteiger partial charge in [-0.25, -0.2) is 0 Å². The molecule has 5 heteroatoms. The summed E-state index contributed by atoms with van der Waals surface area (Å²) in [4.78, 5) is 11.5. The third-order valence-electron chi connectivity index (χ3n) is 6.47. The van der Waals surface area contributed by atoms with E-state index in [1.165, 1.54) is 16.0 Å². The van der Waals surface area contributed by atoms with Crippen molar-refractivity contribution in [3.05, 3.63) is 116 Å². The molecule has 5 aromatic rings. The first-order chi connectivity index (χ1) is 16.1. The van der Waals surface area contributed by atoms with Crippen molar-refractivity contribution in [3.63, 3.8) is 0 Å². The Hall–Kier alpha value is -3.70. The molecule has 0 radical (unpaired) electrons. The molecule has 0 saturated carbocycles. The number of aromatic nitrogens is 1. The lowest BCUT2D eigenvalue weighted by molar-refractivity contribution is -0.383. The van der Waals surface area contributed by atoms with Crippen molar-refractivity contribution >= 4 is 55.4 Å². The topological polar surface area (TPSA) is 48.1 Å². The third kappa shape index (κ3) is 3.19. The van der Waals surface area contributed by atoms with E-state index in [0.29, 0.717) is 0 Å². The molecule has 1 heterocycles. The summed E-state index contributed by atoms with van der Waals surface area (Å²) in [6.45, 7) is 0. The molecule has 1 atom stereocenters. The predicted molar refractivity (Wildman–Crippen MR) is 137 cm³/mol. The fourth-order valence-corrected chi connectivity index (χ4v) is 5.44. The summed E-state index contributed by atoms with van der Waals surface area (Å²) >= 11 is 3.64. The Balaban J connectivity index is 1.65. The maximum absolute atomic E-state index is 11.8. The van der Waals surface area contributed by atoms with Gasteiger partial charge in [-0.05, 0) is 47.7 Å². The smallest absolute Gasteiger partial charge is 0.277 e. The Labute approximate surface area is 198 Å². The molecule has 4 nitrogen and oxygen atoms in total. The van der Waals surface area contributed by atoms with Crippen LogP contribution in [0.15, 0.2) is 89.4 Å². The van der Waals surface area contributed by atoms with Gasteiger partial charge in [0, 0.05) is 38.1 Å². The number of hydrogen-bond acceptors (Lipinski definition) is 2. The van der Waals surface area contributed by atoms with Gasteiger partial charge in [0.1, 0.15) is 0 Å². The van der Waals surface area contributed by atoms with Gasteiger partial charge in [0.25, 0.3) is 5.69 Å². The molecule has 1 unspecified atom stereocenters. The van der Waals surface area contributed by atoms with Crippen molar-refractivity contribution in [1.29, 1.82) is 0 Å². The number of non-ortho nitro benzene ring substituents is 1. The van der Waals surface area contributed by atoms with Crippen molar-refractivity contribution in [2.45, 2.75) is 12.3 Å². The van der Waals surface area contributed by atoms with Gasteiger partial charge in [-0.3, -0.25) is 10.1 Å². The number of fused-ring (bicyclic) bond motifs is 4. The number of para-hydroxylation sites is 1. The van der Waals surface area contributed by atoms with E-state index in [4.69, 9.17) is 0 Å². The van der Waals surface area contributed by atoms with Crippen LogP contribution >= 0.6 is 15.9 Å². The van der Waals surface area contributed by atoms with Crippen LogP contribution in [-0.4, -0.2) is 9.49 Å². The van der Waals surface area contributed by atoms with E-state index >= 15 is 0 Å². The second-order valence-corrected chi connectivity index (χ2v) is 9.24. The number of hydrogen-bond donors (Lipinski definition) is 0. The van der Waals surface area contributed by atoms with Crippen LogP contribution in [0.5, 0.6) is 0 Å². The van der Waals surface area contributed by atoms with Crippen molar-refractivity contribution in [1.82, 2.24) is 4.57 Å². The van der Waals surface area contributed by atoms with Crippen molar-refractivity contribution < 1.29 is 4.92 Å². The highest BCUT2D eigenvalue weighted by molar-refractivity contribution is 9.10. The van der Waals surface area contributed by atoms with Crippen LogP contribution in [0.25, 0.3) is 39.5 Å². The Kier molecular flexibility index (Phi) is 4.66. The molecule has 0 spiro atoms. The molecular weight excluding hydrogens is 476 g/mol. The van der Waals surface area contributed by atoms with Crippen LogP contribution in [-0.2, 0) is 0 Å². The second-order valence-electron chi connectivity index (χ2n) is 8.32. The highest BCUT2D eigenvalue weighted by atomic mass is 79.9. The van der Waals surface area contributed by atoms with Gasteiger partial charge < -0.3 is 4.57 Å². The summed E-state index contributed by atoms with van der Waals surface area (Å²) in [6, 6.07) is 28.0. The van der Waals surface area contributed by atoms with Gasteiger partial charge in [0.2, 0.25) is 0 Å². The minimum Gasteiger partial charge on any atom is -0.310 e. The fourth-order valence-electron chi connectivity index (χ4n) is 5.07. The van der Waals surface area contributed by atoms with Gasteiger partial charge in [0.05, 0.1) is 15.8 Å². The standard InChI is InChI=1S/C28H19BrN2O2/c29-20-13-15-26-24(17-20)23-16-19(12-14-25(23)30(26)21-8-2-1-3-9-21)22-10-4-6-18-7-5-11-27(28(18)22)31(32)33/h1-11,13-17,19H,12H2. The van der Waals surface area contributed by atoms with E-state index in [-0.39, 0.29) is 16.5 Å². The SMILES string of the molecule is O=[N+]([O-])c1cccc2cccc(C3C=c4c(n(-c5ccccc5)c5ccc(Br)cc45)=CC3)c12. The van der Waals surface area contributed by atoms with Crippen LogP contribution < -0.4 is 10.6 Å². The normalized spacial score (nSPS) is 15.1. The van der Waals surface area contributed by atoms with E-state index in [0.717, 1.165) is 38.4 Å². The molecule has 33 heavy (non-hydrogen) atoms. The fraction of sp³-hybridized carbons (Fsp3) is 0.0714. The van der Waals surface area contributed by atoms with E-state index in [2.05, 4.69) is 75.1 Å². The Morgan fingerprint density at radius 2 is 1.73 bits per heavy atom. The molecule has 6 rings (SSSR count). The molecule has 0 bridgehead atoms. The first-order valence-electron chi connectivity index (χ1n) is 10.9. The molecule has 1 aliphatic rings. The molecule has 4 aromatic carbocycles. The summed E-state index contributed by atoms with van der Waals surface area (Å²) in [6.07, 6.45) is 5.34. The van der Waals surface area contributed by atoms with Crippen molar-refractivity contribution in [2.24, 2.45) is 0 Å². The van der Waals surface area contributed by atoms with Crippen LogP contribution in [0, 0.1) is 10.1 Å². The van der Waals surface area contributed by atoms with E-state index in [9.17, 15) is 10.1 Å². The maximum Gasteiger partial charge on any atom is 0.277 e. The molecule has 0 aliphatic heterocycles. The van der Waals surface area contributed by atoms with Crippen LogP contribution in [0.1, 0.15) is 17.9 Å².